The molecule has 0 saturated carbocycles. The van der Waals surface area contributed by atoms with E-state index in [0.29, 0.717) is 16.9 Å². The molecule has 1 rings (SSSR count). The van der Waals surface area contributed by atoms with Crippen LogP contribution in [0, 0.1) is 13.8 Å². The monoisotopic (exact) mass is 342 g/mol. The first kappa shape index (κ1) is 20.8. The molecule has 1 heterocycles. The van der Waals surface area contributed by atoms with Gasteiger partial charge in [-0.05, 0) is 53.5 Å². The van der Waals surface area contributed by atoms with E-state index in [0.717, 1.165) is 17.6 Å². The van der Waals surface area contributed by atoms with Gasteiger partial charge in [0.25, 0.3) is 5.95 Å². The van der Waals surface area contributed by atoms with Crippen LogP contribution in [0.3, 0.4) is 0 Å². The molecule has 3 nitrogen and oxygen atoms in total. The van der Waals surface area contributed by atoms with Gasteiger partial charge in [-0.15, -0.1) is 0 Å². The van der Waals surface area contributed by atoms with Crippen LogP contribution in [0.25, 0.3) is 5.57 Å². The van der Waals surface area contributed by atoms with Gasteiger partial charge >= 0.3 is 0 Å². The van der Waals surface area contributed by atoms with E-state index >= 15 is 0 Å². The van der Waals surface area contributed by atoms with Gasteiger partial charge in [-0.25, -0.2) is 0 Å². The fourth-order valence-electron chi connectivity index (χ4n) is 2.88. The lowest BCUT2D eigenvalue weighted by Gasteiger charge is -2.10. The third kappa shape index (κ3) is 5.63. The van der Waals surface area contributed by atoms with Gasteiger partial charge in [-0.2, -0.15) is 0 Å². The van der Waals surface area contributed by atoms with Crippen molar-refractivity contribution in [2.45, 2.75) is 54.9 Å². The third-order valence-corrected chi connectivity index (χ3v) is 3.95. The quantitative estimate of drug-likeness (QED) is 0.603. The highest BCUT2D eigenvalue weighted by Gasteiger charge is 2.15. The highest BCUT2D eigenvalue weighted by molar-refractivity contribution is 5.65. The van der Waals surface area contributed by atoms with Crippen LogP contribution in [-0.2, 0) is 0 Å². The number of ether oxygens (including phenoxy) is 1. The van der Waals surface area contributed by atoms with E-state index in [4.69, 9.17) is 9.15 Å². The van der Waals surface area contributed by atoms with Crippen LogP contribution in [0.1, 0.15) is 57.9 Å². The Balaban J connectivity index is 3.25. The second-order valence-electron chi connectivity index (χ2n) is 6.46. The summed E-state index contributed by atoms with van der Waals surface area (Å²) >= 11 is 0. The molecule has 0 unspecified atom stereocenters. The van der Waals surface area contributed by atoms with Gasteiger partial charge in [0.05, 0.1) is 12.7 Å². The van der Waals surface area contributed by atoms with Crippen molar-refractivity contribution in [3.05, 3.63) is 68.1 Å². The molecule has 0 fully saturated rings. The van der Waals surface area contributed by atoms with Crippen molar-refractivity contribution in [3.63, 3.8) is 0 Å². The van der Waals surface area contributed by atoms with Gasteiger partial charge in [-0.3, -0.25) is 4.79 Å². The molecule has 136 valence electrons. The van der Waals surface area contributed by atoms with Gasteiger partial charge in [0.2, 0.25) is 0 Å². The molecule has 0 aliphatic rings. The zero-order valence-electron chi connectivity index (χ0n) is 16.7. The Labute approximate surface area is 151 Å². The Morgan fingerprint density at radius 2 is 1.52 bits per heavy atom. The molecular formula is C22H30O3. The van der Waals surface area contributed by atoms with Crippen molar-refractivity contribution in [2.24, 2.45) is 0 Å². The van der Waals surface area contributed by atoms with Crippen LogP contribution in [0.2, 0.25) is 0 Å². The maximum atomic E-state index is 12.3. The van der Waals surface area contributed by atoms with Gasteiger partial charge in [0.15, 0.2) is 5.43 Å². The molecule has 1 aromatic heterocycles. The number of hydrogen-bond acceptors (Lipinski definition) is 3. The molecule has 0 radical (unpaired) electrons. The van der Waals surface area contributed by atoms with Crippen LogP contribution in [0.5, 0.6) is 5.95 Å². The smallest absolute Gasteiger partial charge is 0.291 e. The third-order valence-electron chi connectivity index (χ3n) is 3.95. The molecule has 3 heteroatoms. The van der Waals surface area contributed by atoms with Gasteiger partial charge < -0.3 is 9.15 Å². The van der Waals surface area contributed by atoms with Crippen LogP contribution < -0.4 is 10.2 Å². The van der Waals surface area contributed by atoms with Crippen LogP contribution in [0.4, 0.5) is 0 Å². The number of methoxy groups -OCH3 is 1. The Morgan fingerprint density at radius 1 is 0.960 bits per heavy atom. The van der Waals surface area contributed by atoms with Crippen LogP contribution in [-0.4, -0.2) is 7.11 Å². The molecule has 0 aliphatic heterocycles. The minimum Gasteiger partial charge on any atom is -0.468 e. The summed E-state index contributed by atoms with van der Waals surface area (Å²) in [6, 6.07) is 0. The summed E-state index contributed by atoms with van der Waals surface area (Å²) in [6.45, 7) is 13.8. The number of allylic oxidation sites excluding steroid dienone is 8. The first-order valence-corrected chi connectivity index (χ1v) is 8.61. The minimum atomic E-state index is -0.0381. The van der Waals surface area contributed by atoms with Crippen molar-refractivity contribution >= 4 is 5.57 Å². The van der Waals surface area contributed by atoms with Crippen molar-refractivity contribution in [1.82, 2.24) is 0 Å². The van der Waals surface area contributed by atoms with Crippen LogP contribution in [0.15, 0.2) is 50.2 Å². The normalized spacial score (nSPS) is 14.1. The summed E-state index contributed by atoms with van der Waals surface area (Å²) in [5, 5.41) is 0. The van der Waals surface area contributed by atoms with Crippen molar-refractivity contribution in [3.8, 4) is 5.95 Å². The Bertz CT molecular complexity index is 799. The lowest BCUT2D eigenvalue weighted by Crippen LogP contribution is -2.12. The van der Waals surface area contributed by atoms with Gasteiger partial charge in [-0.1, -0.05) is 47.9 Å². The standard InChI is InChI=1S/C22H30O3/c1-9-10-14(2)11-15(3)12-16(4)13-17(5)21-18(6)20(23)19(7)22(24-8)25-21/h10-13H,9H2,1-8H3/b14-10+,15-11-,16-12-,17-13+. The molecule has 0 saturated heterocycles. The largest absolute Gasteiger partial charge is 0.468 e. The van der Waals surface area contributed by atoms with Crippen molar-refractivity contribution in [2.75, 3.05) is 7.11 Å². The van der Waals surface area contributed by atoms with E-state index in [2.05, 4.69) is 39.0 Å². The van der Waals surface area contributed by atoms with E-state index in [9.17, 15) is 4.79 Å². The molecular weight excluding hydrogens is 312 g/mol. The summed E-state index contributed by atoms with van der Waals surface area (Å²) in [5.74, 6) is 0.847. The average molecular weight is 342 g/mol. The molecule has 1 aromatic rings. The van der Waals surface area contributed by atoms with Gasteiger partial charge in [0, 0.05) is 5.56 Å². The second-order valence-corrected chi connectivity index (χ2v) is 6.46. The first-order chi connectivity index (χ1) is 11.7. The fourth-order valence-corrected chi connectivity index (χ4v) is 2.88. The summed E-state index contributed by atoms with van der Waals surface area (Å²) in [4.78, 5) is 12.3. The first-order valence-electron chi connectivity index (χ1n) is 8.61. The molecule has 0 bridgehead atoms. The Hall–Kier alpha value is -2.29. The van der Waals surface area contributed by atoms with E-state index in [1.807, 2.05) is 19.9 Å². The molecule has 0 atom stereocenters. The Morgan fingerprint density at radius 3 is 2.08 bits per heavy atom. The SMILES string of the molecule is CC/C=C(C)/C=C(C)\C=C(C)/C=C(\C)c1oc(OC)c(C)c(=O)c1C. The molecule has 0 N–H and O–H groups in total. The summed E-state index contributed by atoms with van der Waals surface area (Å²) < 4.78 is 11.0. The summed E-state index contributed by atoms with van der Waals surface area (Å²) in [7, 11) is 1.51. The van der Waals surface area contributed by atoms with Crippen molar-refractivity contribution in [1.29, 1.82) is 0 Å². The predicted octanol–water partition coefficient (Wildman–Crippen LogP) is 5.92. The van der Waals surface area contributed by atoms with E-state index < -0.39 is 0 Å². The number of rotatable bonds is 6. The van der Waals surface area contributed by atoms with E-state index in [-0.39, 0.29) is 11.4 Å². The maximum Gasteiger partial charge on any atom is 0.291 e. The highest BCUT2D eigenvalue weighted by Crippen LogP contribution is 2.25. The summed E-state index contributed by atoms with van der Waals surface area (Å²) in [5.41, 5.74) is 5.50. The highest BCUT2D eigenvalue weighted by atomic mass is 16.6. The molecule has 0 amide bonds. The topological polar surface area (TPSA) is 39.4 Å². The van der Waals surface area contributed by atoms with Crippen LogP contribution >= 0.6 is 0 Å². The lowest BCUT2D eigenvalue weighted by atomic mass is 10.0. The molecule has 0 aliphatic carbocycles. The predicted molar refractivity (Wildman–Crippen MR) is 106 cm³/mol. The lowest BCUT2D eigenvalue weighted by molar-refractivity contribution is 0.288. The molecule has 0 spiro atoms. The molecule has 0 aromatic carbocycles. The average Bonchev–Trinajstić information content (AvgIpc) is 2.52. The zero-order valence-corrected chi connectivity index (χ0v) is 16.7. The maximum absolute atomic E-state index is 12.3. The molecule has 25 heavy (non-hydrogen) atoms. The minimum absolute atomic E-state index is 0.0381. The fraction of sp³-hybridized carbons (Fsp3) is 0.409. The number of hydrogen-bond donors (Lipinski definition) is 0. The van der Waals surface area contributed by atoms with E-state index in [1.165, 1.54) is 18.3 Å². The van der Waals surface area contributed by atoms with Crippen molar-refractivity contribution < 1.29 is 9.15 Å². The second kappa shape index (κ2) is 9.26. The van der Waals surface area contributed by atoms with E-state index in [1.54, 1.807) is 13.8 Å². The zero-order chi connectivity index (χ0) is 19.1. The summed E-state index contributed by atoms with van der Waals surface area (Å²) in [6.07, 6.45) is 9.54. The van der Waals surface area contributed by atoms with Gasteiger partial charge in [0.1, 0.15) is 5.76 Å². The Kier molecular flexibility index (Phi) is 7.69.